The first-order valence-electron chi connectivity index (χ1n) is 11.5. The number of halogens is 1. The first-order valence-corrected chi connectivity index (χ1v) is 11.5. The summed E-state index contributed by atoms with van der Waals surface area (Å²) in [4.78, 5) is 6.93. The molecule has 0 amide bonds. The van der Waals surface area contributed by atoms with Gasteiger partial charge in [-0.1, -0.05) is 26.0 Å². The number of nitrogens with one attached hydrogen (secondary N) is 1. The van der Waals surface area contributed by atoms with E-state index in [1.165, 1.54) is 12.1 Å². The van der Waals surface area contributed by atoms with E-state index in [1.807, 2.05) is 48.1 Å². The fourth-order valence-electron chi connectivity index (χ4n) is 4.14. The molecule has 2 aromatic carbocycles. The van der Waals surface area contributed by atoms with Crippen LogP contribution in [-0.4, -0.2) is 42.0 Å². The van der Waals surface area contributed by atoms with Gasteiger partial charge in [0, 0.05) is 37.4 Å². The predicted octanol–water partition coefficient (Wildman–Crippen LogP) is 5.15. The molecule has 2 aromatic heterocycles. The Morgan fingerprint density at radius 2 is 1.91 bits per heavy atom. The summed E-state index contributed by atoms with van der Waals surface area (Å²) in [6.07, 6.45) is 1.85. The Hall–Kier alpha value is -4.01. The number of ether oxygens (including phenoxy) is 3. The second-order valence-electron chi connectivity index (χ2n) is 8.80. The average Bonchev–Trinajstić information content (AvgIpc) is 3.28. The molecule has 35 heavy (non-hydrogen) atoms. The van der Waals surface area contributed by atoms with Crippen LogP contribution in [0.1, 0.15) is 30.9 Å². The second-order valence-corrected chi connectivity index (χ2v) is 8.80. The van der Waals surface area contributed by atoms with Crippen LogP contribution in [0, 0.1) is 5.82 Å². The summed E-state index contributed by atoms with van der Waals surface area (Å²) in [6.45, 7) is 5.64. The van der Waals surface area contributed by atoms with Crippen LogP contribution < -0.4 is 24.4 Å². The first kappa shape index (κ1) is 22.8. The van der Waals surface area contributed by atoms with Crippen molar-refractivity contribution < 1.29 is 18.6 Å². The lowest BCUT2D eigenvalue weighted by atomic mass is 10.1. The lowest BCUT2D eigenvalue weighted by Gasteiger charge is -2.23. The van der Waals surface area contributed by atoms with Gasteiger partial charge in [-0.2, -0.15) is 9.61 Å². The van der Waals surface area contributed by atoms with E-state index in [-0.39, 0.29) is 5.92 Å². The van der Waals surface area contributed by atoms with Crippen LogP contribution in [0.3, 0.4) is 0 Å². The van der Waals surface area contributed by atoms with Gasteiger partial charge in [-0.25, -0.2) is 9.37 Å². The molecule has 0 bridgehead atoms. The maximum Gasteiger partial charge on any atom is 0.185 e. The van der Waals surface area contributed by atoms with Crippen molar-refractivity contribution >= 4 is 23.0 Å². The molecule has 8 nitrogen and oxygen atoms in total. The van der Waals surface area contributed by atoms with Gasteiger partial charge in [0.05, 0.1) is 19.0 Å². The number of rotatable bonds is 7. The second kappa shape index (κ2) is 9.32. The van der Waals surface area contributed by atoms with E-state index in [2.05, 4.69) is 29.2 Å². The molecular formula is C26H28FN5O3. The topological polar surface area (TPSA) is 73.2 Å². The highest BCUT2D eigenvalue weighted by atomic mass is 19.1. The Morgan fingerprint density at radius 1 is 1.14 bits per heavy atom. The fourth-order valence-corrected chi connectivity index (χ4v) is 4.14. The molecular weight excluding hydrogens is 449 g/mol. The van der Waals surface area contributed by atoms with Crippen LogP contribution >= 0.6 is 0 Å². The highest BCUT2D eigenvalue weighted by Crippen LogP contribution is 2.40. The Labute approximate surface area is 203 Å². The molecule has 4 aromatic rings. The average molecular weight is 478 g/mol. The summed E-state index contributed by atoms with van der Waals surface area (Å²) < 4.78 is 32.8. The van der Waals surface area contributed by atoms with E-state index in [1.54, 1.807) is 7.11 Å². The van der Waals surface area contributed by atoms with Gasteiger partial charge in [0.25, 0.3) is 0 Å². The van der Waals surface area contributed by atoms with Crippen molar-refractivity contribution in [3.05, 3.63) is 65.6 Å². The monoisotopic (exact) mass is 477 g/mol. The van der Waals surface area contributed by atoms with Gasteiger partial charge in [0.15, 0.2) is 17.1 Å². The van der Waals surface area contributed by atoms with Gasteiger partial charge in [-0.3, -0.25) is 0 Å². The van der Waals surface area contributed by atoms with Gasteiger partial charge < -0.3 is 24.4 Å². The maximum absolute atomic E-state index is 14.3. The van der Waals surface area contributed by atoms with E-state index in [0.717, 1.165) is 28.3 Å². The van der Waals surface area contributed by atoms with Crippen molar-refractivity contribution in [2.45, 2.75) is 26.3 Å². The summed E-state index contributed by atoms with van der Waals surface area (Å²) in [5, 5.41) is 7.88. The standard InChI is InChI=1S/C26H28FN5O3/c1-16(2)20-14-28-32-24(31(3)15-17-5-7-19(33-4)8-6-17)13-23(30-26(20)32)29-21-11-18(27)12-22-25(21)35-10-9-34-22/h5-8,11-14,16H,9-10,15H2,1-4H3,(H,29,30). The van der Waals surface area contributed by atoms with Crippen molar-refractivity contribution in [1.82, 2.24) is 14.6 Å². The number of methoxy groups -OCH3 is 1. The van der Waals surface area contributed by atoms with Crippen LogP contribution in [-0.2, 0) is 6.54 Å². The number of nitrogens with zero attached hydrogens (tertiary/aromatic N) is 4. The van der Waals surface area contributed by atoms with Crippen molar-refractivity contribution in [3.8, 4) is 17.2 Å². The normalized spacial score (nSPS) is 12.7. The highest BCUT2D eigenvalue weighted by Gasteiger charge is 2.21. The molecule has 0 spiro atoms. The third kappa shape index (κ3) is 4.53. The van der Waals surface area contributed by atoms with Gasteiger partial charge in [-0.15, -0.1) is 0 Å². The van der Waals surface area contributed by atoms with Crippen LogP contribution in [0.5, 0.6) is 17.2 Å². The number of fused-ring (bicyclic) bond motifs is 2. The summed E-state index contributed by atoms with van der Waals surface area (Å²) in [6, 6.07) is 12.6. The van der Waals surface area contributed by atoms with Crippen molar-refractivity contribution in [2.75, 3.05) is 37.6 Å². The van der Waals surface area contributed by atoms with Crippen LogP contribution in [0.15, 0.2) is 48.7 Å². The first-order chi connectivity index (χ1) is 16.9. The van der Waals surface area contributed by atoms with Gasteiger partial charge in [-0.05, 0) is 23.6 Å². The van der Waals surface area contributed by atoms with E-state index in [9.17, 15) is 4.39 Å². The molecule has 0 unspecified atom stereocenters. The van der Waals surface area contributed by atoms with Crippen LogP contribution in [0.25, 0.3) is 5.65 Å². The summed E-state index contributed by atoms with van der Waals surface area (Å²) in [7, 11) is 3.65. The summed E-state index contributed by atoms with van der Waals surface area (Å²) >= 11 is 0. The molecule has 1 aliphatic rings. The third-order valence-corrected chi connectivity index (χ3v) is 5.94. The van der Waals surface area contributed by atoms with Crippen molar-refractivity contribution in [1.29, 1.82) is 0 Å². The number of aromatic nitrogens is 3. The summed E-state index contributed by atoms with van der Waals surface area (Å²) in [5.74, 6) is 2.87. The zero-order chi connectivity index (χ0) is 24.5. The van der Waals surface area contributed by atoms with Crippen LogP contribution in [0.2, 0.25) is 0 Å². The van der Waals surface area contributed by atoms with Crippen molar-refractivity contribution in [3.63, 3.8) is 0 Å². The zero-order valence-corrected chi connectivity index (χ0v) is 20.2. The molecule has 182 valence electrons. The van der Waals surface area contributed by atoms with E-state index >= 15 is 0 Å². The number of hydrogen-bond donors (Lipinski definition) is 1. The fraction of sp³-hybridized carbons (Fsp3) is 0.308. The number of anilines is 3. The molecule has 0 fully saturated rings. The third-order valence-electron chi connectivity index (χ3n) is 5.94. The van der Waals surface area contributed by atoms with E-state index < -0.39 is 5.82 Å². The molecule has 0 aliphatic carbocycles. The van der Waals surface area contributed by atoms with Gasteiger partial charge >= 0.3 is 0 Å². The Balaban J connectivity index is 1.55. The molecule has 9 heteroatoms. The lowest BCUT2D eigenvalue weighted by Crippen LogP contribution is -2.20. The number of benzene rings is 2. The lowest BCUT2D eigenvalue weighted by molar-refractivity contribution is 0.172. The summed E-state index contributed by atoms with van der Waals surface area (Å²) in [5.41, 5.74) is 3.34. The molecule has 0 saturated carbocycles. The molecule has 5 rings (SSSR count). The minimum atomic E-state index is -0.415. The van der Waals surface area contributed by atoms with Crippen LogP contribution in [0.4, 0.5) is 21.7 Å². The van der Waals surface area contributed by atoms with E-state index in [0.29, 0.717) is 42.8 Å². The molecule has 3 heterocycles. The van der Waals surface area contributed by atoms with Gasteiger partial charge in [0.1, 0.15) is 36.4 Å². The Bertz CT molecular complexity index is 1350. The number of hydrogen-bond acceptors (Lipinski definition) is 7. The Kier molecular flexibility index (Phi) is 6.07. The van der Waals surface area contributed by atoms with E-state index in [4.69, 9.17) is 19.2 Å². The highest BCUT2D eigenvalue weighted by molar-refractivity contribution is 5.72. The zero-order valence-electron chi connectivity index (χ0n) is 20.2. The Morgan fingerprint density at radius 3 is 2.66 bits per heavy atom. The maximum atomic E-state index is 14.3. The molecule has 1 N–H and O–H groups in total. The molecule has 0 atom stereocenters. The SMILES string of the molecule is COc1ccc(CN(C)c2cc(Nc3cc(F)cc4c3OCCO4)nc3c(C(C)C)cnn23)cc1. The largest absolute Gasteiger partial charge is 0.497 e. The predicted molar refractivity (Wildman–Crippen MR) is 133 cm³/mol. The van der Waals surface area contributed by atoms with Gasteiger partial charge in [0.2, 0.25) is 0 Å². The molecule has 0 saturated heterocycles. The quantitative estimate of drug-likeness (QED) is 0.395. The van der Waals surface area contributed by atoms with Crippen molar-refractivity contribution in [2.24, 2.45) is 0 Å². The minimum absolute atomic E-state index is 0.230. The minimum Gasteiger partial charge on any atom is -0.497 e. The smallest absolute Gasteiger partial charge is 0.185 e. The molecule has 1 aliphatic heterocycles. The molecule has 0 radical (unpaired) electrons.